The number of rotatable bonds is 5. The van der Waals surface area contributed by atoms with E-state index in [-0.39, 0.29) is 6.61 Å². The van der Waals surface area contributed by atoms with E-state index in [2.05, 4.69) is 5.48 Å². The van der Waals surface area contributed by atoms with Crippen LogP contribution in [0.25, 0.3) is 0 Å². The molecule has 0 heterocycles. The van der Waals surface area contributed by atoms with E-state index in [0.29, 0.717) is 6.54 Å². The fraction of sp³-hybridized carbons (Fsp3) is 0.333. The van der Waals surface area contributed by atoms with Crippen molar-refractivity contribution >= 4 is 0 Å². The zero-order chi connectivity index (χ0) is 8.65. The zero-order valence-corrected chi connectivity index (χ0v) is 6.79. The van der Waals surface area contributed by atoms with Gasteiger partial charge in [-0.15, -0.1) is 0 Å². The summed E-state index contributed by atoms with van der Waals surface area (Å²) in [4.78, 5) is 4.76. The maximum Gasteiger partial charge on any atom is 0.115 e. The Bertz CT molecular complexity index is 203. The summed E-state index contributed by atoms with van der Waals surface area (Å²) < 4.78 is 11.6. The summed E-state index contributed by atoms with van der Waals surface area (Å²) in [6, 6.07) is 9.81. The molecule has 1 rings (SSSR count). The van der Waals surface area contributed by atoms with E-state index < -0.39 is 6.67 Å². The molecule has 0 saturated carbocycles. The van der Waals surface area contributed by atoms with Gasteiger partial charge in [-0.2, -0.15) is 5.48 Å². The molecule has 2 nitrogen and oxygen atoms in total. The highest BCUT2D eigenvalue weighted by Crippen LogP contribution is 1.96. The number of hydroxylamine groups is 1. The highest BCUT2D eigenvalue weighted by molar-refractivity contribution is 5.13. The number of halogens is 1. The van der Waals surface area contributed by atoms with Crippen LogP contribution < -0.4 is 5.48 Å². The summed E-state index contributed by atoms with van der Waals surface area (Å²) in [5, 5.41) is 0. The number of hydrogen-bond acceptors (Lipinski definition) is 2. The Morgan fingerprint density at radius 1 is 1.25 bits per heavy atom. The third-order valence-corrected chi connectivity index (χ3v) is 1.40. The van der Waals surface area contributed by atoms with Crippen molar-refractivity contribution in [2.24, 2.45) is 0 Å². The van der Waals surface area contributed by atoms with Crippen LogP contribution in [0.1, 0.15) is 5.56 Å². The Balaban J connectivity index is 2.16. The molecule has 0 atom stereocenters. The maximum atomic E-state index is 11.6. The molecule has 0 saturated heterocycles. The number of nitrogens with one attached hydrogen (secondary N) is 1. The maximum absolute atomic E-state index is 11.6. The normalized spacial score (nSPS) is 10.1. The first-order valence-electron chi connectivity index (χ1n) is 3.88. The zero-order valence-electron chi connectivity index (χ0n) is 6.79. The lowest BCUT2D eigenvalue weighted by Gasteiger charge is -2.02. The Morgan fingerprint density at radius 3 is 2.67 bits per heavy atom. The Morgan fingerprint density at radius 2 is 2.00 bits per heavy atom. The summed E-state index contributed by atoms with van der Waals surface area (Å²) in [5.74, 6) is 0. The second-order valence-electron chi connectivity index (χ2n) is 2.34. The molecule has 0 unspecified atom stereocenters. The van der Waals surface area contributed by atoms with Crippen molar-refractivity contribution in [3.63, 3.8) is 0 Å². The number of hydrogen-bond donors (Lipinski definition) is 1. The highest BCUT2D eigenvalue weighted by atomic mass is 19.1. The molecule has 0 aromatic heterocycles. The van der Waals surface area contributed by atoms with Crippen molar-refractivity contribution in [1.82, 2.24) is 5.48 Å². The monoisotopic (exact) mass is 169 g/mol. The van der Waals surface area contributed by atoms with E-state index in [1.54, 1.807) is 0 Å². The summed E-state index contributed by atoms with van der Waals surface area (Å²) in [7, 11) is 0. The lowest BCUT2D eigenvalue weighted by Crippen LogP contribution is -2.15. The standard InChI is InChI=1S/C9H12FNO/c10-6-7-12-11-8-9-4-2-1-3-5-9/h1-5,11H,6-8H2. The summed E-state index contributed by atoms with van der Waals surface area (Å²) in [5.41, 5.74) is 3.78. The van der Waals surface area contributed by atoms with Crippen molar-refractivity contribution in [3.05, 3.63) is 35.9 Å². The van der Waals surface area contributed by atoms with E-state index in [9.17, 15) is 4.39 Å². The SMILES string of the molecule is FCCONCc1ccccc1. The molecule has 12 heavy (non-hydrogen) atoms. The van der Waals surface area contributed by atoms with Gasteiger partial charge in [-0.3, -0.25) is 4.84 Å². The minimum absolute atomic E-state index is 0.104. The third kappa shape index (κ3) is 3.46. The smallest absolute Gasteiger partial charge is 0.115 e. The Labute approximate surface area is 71.3 Å². The Kier molecular flexibility index (Phi) is 4.34. The predicted octanol–water partition coefficient (Wildman–Crippen LogP) is 1.68. The van der Waals surface area contributed by atoms with Gasteiger partial charge in [0, 0.05) is 6.54 Å². The van der Waals surface area contributed by atoms with Crippen molar-refractivity contribution < 1.29 is 9.23 Å². The molecule has 0 aliphatic rings. The summed E-state index contributed by atoms with van der Waals surface area (Å²) in [6.45, 7) is 0.259. The lowest BCUT2D eigenvalue weighted by atomic mass is 10.2. The largest absolute Gasteiger partial charge is 0.299 e. The summed E-state index contributed by atoms with van der Waals surface area (Å²) >= 11 is 0. The first-order valence-corrected chi connectivity index (χ1v) is 3.88. The van der Waals surface area contributed by atoms with Crippen molar-refractivity contribution in [2.45, 2.75) is 6.54 Å². The molecular weight excluding hydrogens is 157 g/mol. The predicted molar refractivity (Wildman–Crippen MR) is 45.2 cm³/mol. The van der Waals surface area contributed by atoms with Crippen LogP contribution in [0, 0.1) is 0 Å². The molecule has 1 aromatic rings. The van der Waals surface area contributed by atoms with Crippen LogP contribution in [0.15, 0.2) is 30.3 Å². The number of benzene rings is 1. The van der Waals surface area contributed by atoms with E-state index in [4.69, 9.17) is 4.84 Å². The molecule has 0 aliphatic carbocycles. The van der Waals surface area contributed by atoms with Crippen LogP contribution >= 0.6 is 0 Å². The molecule has 0 fully saturated rings. The minimum atomic E-state index is -0.457. The topological polar surface area (TPSA) is 21.3 Å². The van der Waals surface area contributed by atoms with E-state index in [0.717, 1.165) is 5.56 Å². The fourth-order valence-electron chi connectivity index (χ4n) is 0.841. The highest BCUT2D eigenvalue weighted by Gasteiger charge is 1.89. The molecule has 1 N–H and O–H groups in total. The van der Waals surface area contributed by atoms with E-state index >= 15 is 0 Å². The van der Waals surface area contributed by atoms with Gasteiger partial charge in [0.25, 0.3) is 0 Å². The van der Waals surface area contributed by atoms with Gasteiger partial charge in [0.05, 0.1) is 6.61 Å². The molecular formula is C9H12FNO. The van der Waals surface area contributed by atoms with Gasteiger partial charge in [-0.05, 0) is 5.56 Å². The van der Waals surface area contributed by atoms with Gasteiger partial charge in [-0.25, -0.2) is 4.39 Å². The van der Waals surface area contributed by atoms with E-state index in [1.165, 1.54) is 0 Å². The third-order valence-electron chi connectivity index (χ3n) is 1.40. The molecule has 1 aromatic carbocycles. The molecule has 0 bridgehead atoms. The average Bonchev–Trinajstić information content (AvgIpc) is 2.14. The quantitative estimate of drug-likeness (QED) is 0.535. The van der Waals surface area contributed by atoms with Gasteiger partial charge < -0.3 is 0 Å². The minimum Gasteiger partial charge on any atom is -0.299 e. The Hall–Kier alpha value is -0.930. The molecule has 66 valence electrons. The fourth-order valence-corrected chi connectivity index (χ4v) is 0.841. The first-order chi connectivity index (χ1) is 5.93. The van der Waals surface area contributed by atoms with Crippen molar-refractivity contribution in [2.75, 3.05) is 13.3 Å². The second-order valence-corrected chi connectivity index (χ2v) is 2.34. The van der Waals surface area contributed by atoms with Crippen LogP contribution in [0.4, 0.5) is 4.39 Å². The first kappa shape index (κ1) is 9.16. The van der Waals surface area contributed by atoms with Crippen LogP contribution in [-0.4, -0.2) is 13.3 Å². The van der Waals surface area contributed by atoms with Gasteiger partial charge in [0.15, 0.2) is 0 Å². The van der Waals surface area contributed by atoms with Crippen molar-refractivity contribution in [3.8, 4) is 0 Å². The van der Waals surface area contributed by atoms with Gasteiger partial charge in [0.1, 0.15) is 6.67 Å². The number of alkyl halides is 1. The molecule has 0 radical (unpaired) electrons. The lowest BCUT2D eigenvalue weighted by molar-refractivity contribution is 0.0283. The average molecular weight is 169 g/mol. The van der Waals surface area contributed by atoms with Gasteiger partial charge >= 0.3 is 0 Å². The molecule has 3 heteroatoms. The van der Waals surface area contributed by atoms with E-state index in [1.807, 2.05) is 30.3 Å². The van der Waals surface area contributed by atoms with Gasteiger partial charge in [-0.1, -0.05) is 30.3 Å². The summed E-state index contributed by atoms with van der Waals surface area (Å²) in [6.07, 6.45) is 0. The van der Waals surface area contributed by atoms with Crippen molar-refractivity contribution in [1.29, 1.82) is 0 Å². The van der Waals surface area contributed by atoms with Crippen LogP contribution in [0.5, 0.6) is 0 Å². The molecule has 0 spiro atoms. The van der Waals surface area contributed by atoms with Crippen LogP contribution in [0.3, 0.4) is 0 Å². The molecule has 0 aliphatic heterocycles. The van der Waals surface area contributed by atoms with Crippen LogP contribution in [0.2, 0.25) is 0 Å². The molecule has 0 amide bonds. The van der Waals surface area contributed by atoms with Crippen LogP contribution in [-0.2, 0) is 11.4 Å². The van der Waals surface area contributed by atoms with Gasteiger partial charge in [0.2, 0.25) is 0 Å². The second kappa shape index (κ2) is 5.69.